The predicted molar refractivity (Wildman–Crippen MR) is 154 cm³/mol. The molecule has 0 aromatic heterocycles. The fourth-order valence-electron chi connectivity index (χ4n) is 4.34. The standard InChI is InChI=1S/C29H39N3O6S/c1-27(2,3)20-14-18(15-21(23(20)33)28(4,5)6)30-24(34)22-16-39-25(31(22)26(35)38-29(7,8)9)17-10-12-19(13-11-17)32(36)37/h10-15,22,25,33H,16H2,1-9H3,(H,30,34)/t22-,25?/m0/s1. The number of thioether (sulfide) groups is 1. The summed E-state index contributed by atoms with van der Waals surface area (Å²) in [5.41, 5.74) is 0.997. The smallest absolute Gasteiger partial charge is 0.412 e. The van der Waals surface area contributed by atoms with E-state index in [0.29, 0.717) is 28.1 Å². The fraction of sp³-hybridized carbons (Fsp3) is 0.517. The van der Waals surface area contributed by atoms with Crippen LogP contribution in [-0.4, -0.2) is 44.3 Å². The lowest BCUT2D eigenvalue weighted by Gasteiger charge is -2.32. The maximum atomic E-state index is 13.7. The number of ether oxygens (including phenoxy) is 1. The van der Waals surface area contributed by atoms with Gasteiger partial charge in [-0.3, -0.25) is 19.8 Å². The molecule has 212 valence electrons. The van der Waals surface area contributed by atoms with Crippen molar-refractivity contribution in [3.05, 3.63) is 63.2 Å². The van der Waals surface area contributed by atoms with E-state index in [0.717, 1.165) is 0 Å². The maximum Gasteiger partial charge on any atom is 0.412 e. The summed E-state index contributed by atoms with van der Waals surface area (Å²) in [6.45, 7) is 17.2. The topological polar surface area (TPSA) is 122 Å². The minimum absolute atomic E-state index is 0.0588. The number of benzene rings is 2. The van der Waals surface area contributed by atoms with E-state index < -0.39 is 28.0 Å². The number of nitrogens with one attached hydrogen (secondary N) is 1. The van der Waals surface area contributed by atoms with Crippen molar-refractivity contribution in [1.82, 2.24) is 4.90 Å². The maximum absolute atomic E-state index is 13.7. The highest BCUT2D eigenvalue weighted by atomic mass is 32.2. The Morgan fingerprint density at radius 3 is 1.95 bits per heavy atom. The fourth-order valence-corrected chi connectivity index (χ4v) is 5.76. The van der Waals surface area contributed by atoms with E-state index in [1.54, 1.807) is 45.0 Å². The molecule has 0 aliphatic carbocycles. The van der Waals surface area contributed by atoms with Crippen molar-refractivity contribution in [3.8, 4) is 5.75 Å². The average molecular weight is 558 g/mol. The molecule has 0 saturated carbocycles. The molecule has 0 bridgehead atoms. The number of aromatic hydroxyl groups is 1. The average Bonchev–Trinajstić information content (AvgIpc) is 3.23. The van der Waals surface area contributed by atoms with Crippen LogP contribution >= 0.6 is 11.8 Å². The van der Waals surface area contributed by atoms with Gasteiger partial charge >= 0.3 is 6.09 Å². The molecule has 1 aliphatic heterocycles. The highest BCUT2D eigenvalue weighted by molar-refractivity contribution is 7.99. The van der Waals surface area contributed by atoms with Gasteiger partial charge in [0.15, 0.2) is 0 Å². The van der Waals surface area contributed by atoms with Crippen molar-refractivity contribution in [2.75, 3.05) is 11.1 Å². The zero-order valence-corrected chi connectivity index (χ0v) is 24.9. The zero-order chi connectivity index (χ0) is 29.5. The molecule has 2 aromatic carbocycles. The number of anilines is 1. The Labute approximate surface area is 234 Å². The third kappa shape index (κ3) is 7.03. The summed E-state index contributed by atoms with van der Waals surface area (Å²) in [6.07, 6.45) is -0.646. The van der Waals surface area contributed by atoms with Crippen molar-refractivity contribution in [1.29, 1.82) is 0 Å². The molecule has 1 fully saturated rings. The molecule has 2 atom stereocenters. The predicted octanol–water partition coefficient (Wildman–Crippen LogP) is 6.89. The van der Waals surface area contributed by atoms with Crippen LogP contribution in [0.3, 0.4) is 0 Å². The van der Waals surface area contributed by atoms with Crippen LogP contribution in [-0.2, 0) is 20.4 Å². The summed E-state index contributed by atoms with van der Waals surface area (Å²) in [4.78, 5) is 39.1. The Kier molecular flexibility index (Phi) is 8.32. The van der Waals surface area contributed by atoms with Gasteiger partial charge in [-0.05, 0) is 61.4 Å². The monoisotopic (exact) mass is 557 g/mol. The van der Waals surface area contributed by atoms with Crippen LogP contribution < -0.4 is 5.32 Å². The molecule has 39 heavy (non-hydrogen) atoms. The number of rotatable bonds is 4. The van der Waals surface area contributed by atoms with Crippen LogP contribution in [0.1, 0.15) is 84.4 Å². The Bertz CT molecular complexity index is 1220. The first-order valence-electron chi connectivity index (χ1n) is 12.9. The Morgan fingerprint density at radius 2 is 1.51 bits per heavy atom. The number of nitro groups is 1. The molecule has 0 spiro atoms. The van der Waals surface area contributed by atoms with Gasteiger partial charge < -0.3 is 15.2 Å². The van der Waals surface area contributed by atoms with Gasteiger partial charge in [-0.25, -0.2) is 4.79 Å². The largest absolute Gasteiger partial charge is 0.507 e. The third-order valence-corrected chi connectivity index (χ3v) is 7.61. The summed E-state index contributed by atoms with van der Waals surface area (Å²) in [5, 5.41) is 24.6. The first-order chi connectivity index (χ1) is 17.8. The van der Waals surface area contributed by atoms with Gasteiger partial charge in [0.2, 0.25) is 5.91 Å². The van der Waals surface area contributed by atoms with Crippen LogP contribution in [0.5, 0.6) is 5.75 Å². The Hall–Kier alpha value is -3.27. The van der Waals surface area contributed by atoms with Crippen molar-refractivity contribution >= 4 is 35.1 Å². The molecule has 2 N–H and O–H groups in total. The molecular formula is C29H39N3O6S. The number of nitrogens with zero attached hydrogens (tertiary/aromatic N) is 2. The lowest BCUT2D eigenvalue weighted by Crippen LogP contribution is -2.47. The number of non-ortho nitro benzene ring substituents is 1. The first kappa shape index (κ1) is 30.3. The molecule has 2 amide bonds. The molecule has 1 saturated heterocycles. The van der Waals surface area contributed by atoms with E-state index >= 15 is 0 Å². The molecule has 9 nitrogen and oxygen atoms in total. The normalized spacial score (nSPS) is 18.1. The number of hydrogen-bond donors (Lipinski definition) is 2. The molecule has 3 rings (SSSR count). The van der Waals surface area contributed by atoms with Gasteiger partial charge in [-0.1, -0.05) is 41.5 Å². The van der Waals surface area contributed by atoms with E-state index in [2.05, 4.69) is 5.32 Å². The number of phenolic OH excluding ortho intramolecular Hbond substituents is 1. The number of phenols is 1. The lowest BCUT2D eigenvalue weighted by molar-refractivity contribution is -0.384. The molecule has 2 aromatic rings. The van der Waals surface area contributed by atoms with E-state index in [9.17, 15) is 24.8 Å². The second-order valence-corrected chi connectivity index (χ2v) is 14.0. The minimum Gasteiger partial charge on any atom is -0.507 e. The van der Waals surface area contributed by atoms with Crippen LogP contribution in [0.15, 0.2) is 36.4 Å². The van der Waals surface area contributed by atoms with Crippen LogP contribution in [0.4, 0.5) is 16.2 Å². The molecule has 1 heterocycles. The Morgan fingerprint density at radius 1 is 1.00 bits per heavy atom. The van der Waals surface area contributed by atoms with Gasteiger partial charge in [-0.15, -0.1) is 11.8 Å². The van der Waals surface area contributed by atoms with Crippen molar-refractivity contribution < 1.29 is 24.4 Å². The highest BCUT2D eigenvalue weighted by Crippen LogP contribution is 2.44. The SMILES string of the molecule is CC(C)(C)OC(=O)N1C(c2ccc([N+](=O)[O-])cc2)SC[C@H]1C(=O)Nc1cc(C(C)(C)C)c(O)c(C(C)(C)C)c1. The summed E-state index contributed by atoms with van der Waals surface area (Å²) < 4.78 is 5.66. The van der Waals surface area contributed by atoms with E-state index in [1.807, 2.05) is 41.5 Å². The molecule has 1 unspecified atom stereocenters. The number of amides is 2. The zero-order valence-electron chi connectivity index (χ0n) is 24.1. The third-order valence-electron chi connectivity index (χ3n) is 6.29. The van der Waals surface area contributed by atoms with Gasteiger partial charge in [0.1, 0.15) is 22.8 Å². The van der Waals surface area contributed by atoms with Gasteiger partial charge in [0, 0.05) is 34.7 Å². The van der Waals surface area contributed by atoms with Crippen LogP contribution in [0.2, 0.25) is 0 Å². The number of carbonyl (C=O) groups is 2. The van der Waals surface area contributed by atoms with E-state index in [-0.39, 0.29) is 28.2 Å². The second kappa shape index (κ2) is 10.7. The molecule has 1 aliphatic rings. The van der Waals surface area contributed by atoms with Gasteiger partial charge in [0.05, 0.1) is 4.92 Å². The van der Waals surface area contributed by atoms with Crippen LogP contribution in [0, 0.1) is 10.1 Å². The number of nitro benzene ring substituents is 1. The van der Waals surface area contributed by atoms with Gasteiger partial charge in [-0.2, -0.15) is 0 Å². The lowest BCUT2D eigenvalue weighted by atomic mass is 9.79. The van der Waals surface area contributed by atoms with E-state index in [1.165, 1.54) is 28.8 Å². The summed E-state index contributed by atoms with van der Waals surface area (Å²) in [6, 6.07) is 8.66. The highest BCUT2D eigenvalue weighted by Gasteiger charge is 2.44. The quantitative estimate of drug-likeness (QED) is 0.238. The molecular weight excluding hydrogens is 518 g/mol. The molecule has 0 radical (unpaired) electrons. The summed E-state index contributed by atoms with van der Waals surface area (Å²) in [5.74, 6) is 0.129. The van der Waals surface area contributed by atoms with Crippen LogP contribution in [0.25, 0.3) is 0 Å². The summed E-state index contributed by atoms with van der Waals surface area (Å²) in [7, 11) is 0. The number of carbonyl (C=O) groups excluding carboxylic acids is 2. The Balaban J connectivity index is 1.99. The number of hydrogen-bond acceptors (Lipinski definition) is 7. The second-order valence-electron chi connectivity index (χ2n) is 12.8. The molecule has 10 heteroatoms. The minimum atomic E-state index is -0.852. The van der Waals surface area contributed by atoms with E-state index in [4.69, 9.17) is 4.74 Å². The van der Waals surface area contributed by atoms with Crippen molar-refractivity contribution in [2.45, 2.75) is 90.2 Å². The van der Waals surface area contributed by atoms with Crippen molar-refractivity contribution in [3.63, 3.8) is 0 Å². The summed E-state index contributed by atoms with van der Waals surface area (Å²) >= 11 is 1.39. The van der Waals surface area contributed by atoms with Gasteiger partial charge in [0.25, 0.3) is 5.69 Å². The van der Waals surface area contributed by atoms with Crippen molar-refractivity contribution in [2.24, 2.45) is 0 Å². The first-order valence-corrected chi connectivity index (χ1v) is 13.9.